The number of hydrogen-bond donors (Lipinski definition) is 1. The molecule has 1 N–H and O–H groups in total. The van der Waals surface area contributed by atoms with E-state index >= 15 is 0 Å². The maximum atomic E-state index is 5.91. The maximum Gasteiger partial charge on any atom is 0.0734 e. The molecule has 0 aliphatic heterocycles. The Bertz CT molecular complexity index is 535. The molecule has 1 aromatic heterocycles. The van der Waals surface area contributed by atoms with Crippen molar-refractivity contribution in [2.24, 2.45) is 0 Å². The quantitative estimate of drug-likeness (QED) is 0.616. The Kier molecular flexibility index (Phi) is 7.20. The van der Waals surface area contributed by atoms with Crippen LogP contribution in [-0.4, -0.2) is 13.2 Å². The summed E-state index contributed by atoms with van der Waals surface area (Å²) in [5.74, 6) is 0. The van der Waals surface area contributed by atoms with Crippen LogP contribution < -0.4 is 5.32 Å². The van der Waals surface area contributed by atoms with Crippen molar-refractivity contribution in [3.05, 3.63) is 34.7 Å². The van der Waals surface area contributed by atoms with Crippen molar-refractivity contribution in [1.29, 1.82) is 0 Å². The van der Waals surface area contributed by atoms with Gasteiger partial charge in [-0.3, -0.25) is 0 Å². The lowest BCUT2D eigenvalue weighted by Gasteiger charge is -2.07. The number of rotatable bonds is 10. The predicted octanol–water partition coefficient (Wildman–Crippen LogP) is 5.11. The number of fused-ring (bicyclic) bond motifs is 1. The van der Waals surface area contributed by atoms with Gasteiger partial charge in [0.2, 0.25) is 0 Å². The van der Waals surface area contributed by atoms with Crippen molar-refractivity contribution < 1.29 is 4.74 Å². The number of hydrogen-bond acceptors (Lipinski definition) is 3. The maximum absolute atomic E-state index is 5.91. The molecule has 2 rings (SSSR count). The summed E-state index contributed by atoms with van der Waals surface area (Å²) < 4.78 is 7.29. The van der Waals surface area contributed by atoms with Crippen molar-refractivity contribution in [2.75, 3.05) is 13.2 Å². The molecule has 0 fully saturated rings. The van der Waals surface area contributed by atoms with Crippen LogP contribution >= 0.6 is 11.3 Å². The zero-order valence-corrected chi connectivity index (χ0v) is 14.1. The molecule has 21 heavy (non-hydrogen) atoms. The van der Waals surface area contributed by atoms with Crippen molar-refractivity contribution in [3.63, 3.8) is 0 Å². The van der Waals surface area contributed by atoms with E-state index in [2.05, 4.69) is 43.4 Å². The first-order chi connectivity index (χ1) is 10.4. The van der Waals surface area contributed by atoms with E-state index in [0.717, 1.165) is 26.3 Å². The molecule has 0 amide bonds. The molecule has 116 valence electrons. The summed E-state index contributed by atoms with van der Waals surface area (Å²) in [7, 11) is 0. The van der Waals surface area contributed by atoms with Crippen molar-refractivity contribution in [3.8, 4) is 0 Å². The Balaban J connectivity index is 2.04. The van der Waals surface area contributed by atoms with Crippen LogP contribution in [0.25, 0.3) is 10.1 Å². The van der Waals surface area contributed by atoms with E-state index in [4.69, 9.17) is 4.74 Å². The van der Waals surface area contributed by atoms with Crippen LogP contribution in [0.2, 0.25) is 0 Å². The smallest absolute Gasteiger partial charge is 0.0734 e. The van der Waals surface area contributed by atoms with Crippen LogP contribution in [0.1, 0.15) is 50.0 Å². The summed E-state index contributed by atoms with van der Waals surface area (Å²) in [6.07, 6.45) is 4.85. The normalized spacial score (nSPS) is 11.3. The summed E-state index contributed by atoms with van der Waals surface area (Å²) in [4.78, 5) is 1.43. The van der Waals surface area contributed by atoms with Gasteiger partial charge in [-0.25, -0.2) is 0 Å². The van der Waals surface area contributed by atoms with Gasteiger partial charge in [0.25, 0.3) is 0 Å². The van der Waals surface area contributed by atoms with E-state index in [1.54, 1.807) is 0 Å². The molecule has 1 heterocycles. The highest BCUT2D eigenvalue weighted by Crippen LogP contribution is 2.31. The predicted molar refractivity (Wildman–Crippen MR) is 93.0 cm³/mol. The van der Waals surface area contributed by atoms with E-state index in [0.29, 0.717) is 0 Å². The Morgan fingerprint density at radius 3 is 2.76 bits per heavy atom. The second kappa shape index (κ2) is 9.19. The lowest BCUT2D eigenvalue weighted by Crippen LogP contribution is -2.14. The molecule has 0 atom stereocenters. The van der Waals surface area contributed by atoms with E-state index in [1.165, 1.54) is 46.2 Å². The zero-order chi connectivity index (χ0) is 14.9. The van der Waals surface area contributed by atoms with Crippen molar-refractivity contribution >= 4 is 21.4 Å². The summed E-state index contributed by atoms with van der Waals surface area (Å²) >= 11 is 1.90. The third kappa shape index (κ3) is 4.80. The van der Waals surface area contributed by atoms with Crippen LogP contribution in [0.5, 0.6) is 0 Å². The second-order valence-corrected chi connectivity index (χ2v) is 6.57. The van der Waals surface area contributed by atoms with Gasteiger partial charge in [-0.1, -0.05) is 44.9 Å². The monoisotopic (exact) mass is 305 g/mol. The second-order valence-electron chi connectivity index (χ2n) is 5.44. The fourth-order valence-electron chi connectivity index (χ4n) is 2.46. The van der Waals surface area contributed by atoms with Crippen molar-refractivity contribution in [2.45, 2.75) is 52.7 Å². The minimum atomic E-state index is 0.747. The third-order valence-corrected chi connectivity index (χ3v) is 4.85. The molecule has 0 spiro atoms. The van der Waals surface area contributed by atoms with Gasteiger partial charge in [0, 0.05) is 28.3 Å². The topological polar surface area (TPSA) is 21.3 Å². The average Bonchev–Trinajstić information content (AvgIpc) is 2.85. The molecule has 1 aromatic carbocycles. The van der Waals surface area contributed by atoms with Gasteiger partial charge in [0.15, 0.2) is 0 Å². The average molecular weight is 305 g/mol. The largest absolute Gasteiger partial charge is 0.377 e. The van der Waals surface area contributed by atoms with Gasteiger partial charge in [-0.2, -0.15) is 0 Å². The highest BCUT2D eigenvalue weighted by molar-refractivity contribution is 7.19. The Morgan fingerprint density at radius 2 is 1.95 bits per heavy atom. The molecular weight excluding hydrogens is 278 g/mol. The first-order valence-corrected chi connectivity index (χ1v) is 8.96. The number of ether oxygens (including phenoxy) is 1. The molecule has 0 bridgehead atoms. The molecule has 0 saturated heterocycles. The molecule has 0 aliphatic carbocycles. The van der Waals surface area contributed by atoms with Crippen LogP contribution in [0, 0.1) is 0 Å². The molecule has 0 saturated carbocycles. The van der Waals surface area contributed by atoms with E-state index in [1.807, 2.05) is 11.3 Å². The van der Waals surface area contributed by atoms with Crippen LogP contribution in [0.15, 0.2) is 24.3 Å². The lowest BCUT2D eigenvalue weighted by atomic mass is 10.1. The van der Waals surface area contributed by atoms with Crippen LogP contribution in [-0.2, 0) is 17.9 Å². The third-order valence-electron chi connectivity index (χ3n) is 3.63. The van der Waals surface area contributed by atoms with E-state index in [-0.39, 0.29) is 0 Å². The van der Waals surface area contributed by atoms with Crippen LogP contribution in [0.4, 0.5) is 0 Å². The van der Waals surface area contributed by atoms with Gasteiger partial charge in [-0.15, -0.1) is 11.3 Å². The summed E-state index contributed by atoms with van der Waals surface area (Å²) in [6, 6.07) is 8.68. The fourth-order valence-corrected chi connectivity index (χ4v) is 3.64. The molecule has 2 nitrogen and oxygen atoms in total. The van der Waals surface area contributed by atoms with Gasteiger partial charge in [-0.05, 0) is 30.8 Å². The molecule has 0 radical (unpaired) electrons. The standard InChI is InChI=1S/C18H27NOS/c1-3-5-8-12-20-14-16-15-9-6-7-10-17(15)21-18(16)13-19-11-4-2/h6-7,9-10,19H,3-5,8,11-14H2,1-2H3. The van der Waals surface area contributed by atoms with Gasteiger partial charge in [0.1, 0.15) is 0 Å². The Hall–Kier alpha value is -0.900. The molecular formula is C18H27NOS. The van der Waals surface area contributed by atoms with Gasteiger partial charge < -0.3 is 10.1 Å². The summed E-state index contributed by atoms with van der Waals surface area (Å²) in [6.45, 7) is 8.09. The van der Waals surface area contributed by atoms with Gasteiger partial charge >= 0.3 is 0 Å². The SMILES string of the molecule is CCCCCOCc1c(CNCCC)sc2ccccc12. The first kappa shape index (κ1) is 16.5. The Labute approximate surface area is 132 Å². The molecule has 2 aromatic rings. The minimum Gasteiger partial charge on any atom is -0.377 e. The highest BCUT2D eigenvalue weighted by atomic mass is 32.1. The summed E-state index contributed by atoms with van der Waals surface area (Å²) in [5.41, 5.74) is 1.38. The fraction of sp³-hybridized carbons (Fsp3) is 0.556. The first-order valence-electron chi connectivity index (χ1n) is 8.14. The lowest BCUT2D eigenvalue weighted by molar-refractivity contribution is 0.117. The molecule has 0 aliphatic rings. The Morgan fingerprint density at radius 1 is 1.10 bits per heavy atom. The number of benzene rings is 1. The van der Waals surface area contributed by atoms with E-state index in [9.17, 15) is 0 Å². The zero-order valence-electron chi connectivity index (χ0n) is 13.3. The number of unbranched alkanes of at least 4 members (excludes halogenated alkanes) is 2. The van der Waals surface area contributed by atoms with Gasteiger partial charge in [0.05, 0.1) is 6.61 Å². The number of nitrogens with one attached hydrogen (secondary N) is 1. The van der Waals surface area contributed by atoms with Crippen molar-refractivity contribution in [1.82, 2.24) is 5.32 Å². The number of thiophene rings is 1. The van der Waals surface area contributed by atoms with Crippen LogP contribution in [0.3, 0.4) is 0 Å². The van der Waals surface area contributed by atoms with E-state index < -0.39 is 0 Å². The molecule has 0 unspecified atom stereocenters. The molecule has 3 heteroatoms. The highest BCUT2D eigenvalue weighted by Gasteiger charge is 2.11. The summed E-state index contributed by atoms with van der Waals surface area (Å²) in [5, 5.41) is 4.89. The minimum absolute atomic E-state index is 0.747.